The van der Waals surface area contributed by atoms with E-state index in [1.54, 1.807) is 6.92 Å². The minimum atomic E-state index is -1.83. The van der Waals surface area contributed by atoms with Crippen LogP contribution in [-0.4, -0.2) is 155 Å². The number of aliphatic hydroxyl groups excluding tert-OH is 1. The number of hydrogen-bond acceptors (Lipinski definition) is 15. The Morgan fingerprint density at radius 3 is 2.18 bits per heavy atom. The van der Waals surface area contributed by atoms with Gasteiger partial charge in [-0.1, -0.05) is 32.4 Å². The van der Waals surface area contributed by atoms with Crippen molar-refractivity contribution >= 4 is 39.7 Å². The van der Waals surface area contributed by atoms with E-state index in [-0.39, 0.29) is 53.7 Å². The van der Waals surface area contributed by atoms with E-state index in [9.17, 15) is 19.2 Å². The molecule has 60 heavy (non-hydrogen) atoms. The number of esters is 1. The number of thioether (sulfide) groups is 1. The molecule has 16 atom stereocenters. The lowest BCUT2D eigenvalue weighted by Crippen LogP contribution is -2.54. The van der Waals surface area contributed by atoms with Crippen molar-refractivity contribution in [3.8, 4) is 0 Å². The van der Waals surface area contributed by atoms with Crippen molar-refractivity contribution in [1.29, 1.82) is 0 Å². The number of ketones is 1. The van der Waals surface area contributed by atoms with E-state index in [0.29, 0.717) is 30.1 Å². The van der Waals surface area contributed by atoms with Crippen LogP contribution >= 0.6 is 11.8 Å². The Balaban J connectivity index is 1.37. The van der Waals surface area contributed by atoms with Crippen LogP contribution in [0, 0.1) is 17.3 Å². The van der Waals surface area contributed by atoms with Gasteiger partial charge in [0, 0.05) is 60.3 Å². The van der Waals surface area contributed by atoms with Crippen molar-refractivity contribution in [2.24, 2.45) is 22.2 Å². The Kier molecular flexibility index (Phi) is 15.1. The third kappa shape index (κ3) is 9.59. The molecule has 16 heteroatoms. The second kappa shape index (κ2) is 18.9. The average molecular weight is 881 g/mol. The molecule has 16 unspecified atom stereocenters. The summed E-state index contributed by atoms with van der Waals surface area (Å²) in [5.74, 6) is -0.671. The molecule has 0 spiro atoms. The molecule has 6 aliphatic heterocycles. The number of aliphatic imine (C=N–C) groups is 1. The number of carbonyl (C=O) groups is 2. The van der Waals surface area contributed by atoms with E-state index < -0.39 is 75.7 Å². The quantitative estimate of drug-likeness (QED) is 0.205. The van der Waals surface area contributed by atoms with Crippen molar-refractivity contribution in [3.63, 3.8) is 0 Å². The van der Waals surface area contributed by atoms with Crippen LogP contribution in [0.4, 0.5) is 0 Å². The topological polar surface area (TPSA) is 164 Å². The zero-order valence-electron chi connectivity index (χ0n) is 38.1. The van der Waals surface area contributed by atoms with Crippen LogP contribution in [0.3, 0.4) is 0 Å². The van der Waals surface area contributed by atoms with Crippen molar-refractivity contribution in [2.75, 3.05) is 41.1 Å². The maximum absolute atomic E-state index is 14.6. The second-order valence-electron chi connectivity index (χ2n) is 19.4. The molecule has 3 saturated heterocycles. The molecular weight excluding hydrogens is 809 g/mol. The van der Waals surface area contributed by atoms with Crippen molar-refractivity contribution in [3.05, 3.63) is 22.8 Å². The van der Waals surface area contributed by atoms with Gasteiger partial charge in [-0.05, 0) is 101 Å². The summed E-state index contributed by atoms with van der Waals surface area (Å²) >= 11 is -0.449. The van der Waals surface area contributed by atoms with Gasteiger partial charge in [0.25, 0.3) is 5.44 Å². The SMILES string of the molecule is COC1[S+]([O-])/C2=C\C(=O)C(C)(OC3CCC(N(C)C)C(C)O3)C(O)CC/C(C)=C\C3C(OC4CCC(N(C)C)C(C)O4)CC(OC(=O)C4CSC(=N4)C1(C)N2)C(C)(C)C3C. The van der Waals surface area contributed by atoms with Gasteiger partial charge in [0.05, 0.1) is 30.5 Å². The monoisotopic (exact) mass is 880 g/mol. The van der Waals surface area contributed by atoms with Crippen molar-refractivity contribution in [2.45, 2.75) is 178 Å². The summed E-state index contributed by atoms with van der Waals surface area (Å²) in [6.45, 7) is 16.0. The van der Waals surface area contributed by atoms with E-state index in [0.717, 1.165) is 24.8 Å². The number of nitrogens with zero attached hydrogens (tertiary/aromatic N) is 3. The molecule has 1 aliphatic carbocycles. The maximum atomic E-state index is 14.6. The first kappa shape index (κ1) is 47.9. The lowest BCUT2D eigenvalue weighted by Gasteiger charge is -2.51. The highest BCUT2D eigenvalue weighted by molar-refractivity contribution is 8.14. The van der Waals surface area contributed by atoms with Crippen LogP contribution < -0.4 is 5.32 Å². The standard InChI is InChI=1S/C44H72N4O10S2/c1-24-14-17-33(49)44(8,58-38-19-16-31(48(11)12)27(4)55-38)34(50)22-36-46-43(7,41(53-13)60(36)52)40-45-29(23-59-40)39(51)57-35-21-32(28(20-24)25(2)42(35,5)6)56-37-18-15-30(47(9)10)26(3)54-37/h20,22,25-33,35,37-38,41,46,49H,14-19,21,23H2,1-13H3/b24-20-,36-22-. The fourth-order valence-electron chi connectivity index (χ4n) is 10.1. The summed E-state index contributed by atoms with van der Waals surface area (Å²) in [7, 11) is 9.64. The lowest BCUT2D eigenvalue weighted by atomic mass is 9.61. The minimum absolute atomic E-state index is 0.0151. The molecule has 4 fully saturated rings. The molecule has 340 valence electrons. The highest BCUT2D eigenvalue weighted by Gasteiger charge is 2.59. The van der Waals surface area contributed by atoms with E-state index in [1.807, 2.05) is 34.9 Å². The van der Waals surface area contributed by atoms with Gasteiger partial charge < -0.3 is 53.2 Å². The number of likely N-dealkylation sites (N-methyl/N-ethyl adjacent to an activating group) is 2. The number of nitrogens with one attached hydrogen (secondary N) is 1. The highest BCUT2D eigenvalue weighted by atomic mass is 32.2. The predicted molar refractivity (Wildman–Crippen MR) is 234 cm³/mol. The lowest BCUT2D eigenvalue weighted by molar-refractivity contribution is -0.260. The van der Waals surface area contributed by atoms with Gasteiger partial charge in [0.2, 0.25) is 5.03 Å². The molecular formula is C44H72N4O10S2. The molecule has 6 heterocycles. The molecule has 0 aromatic heterocycles. The summed E-state index contributed by atoms with van der Waals surface area (Å²) < 4.78 is 52.7. The fraction of sp³-hybridized carbons (Fsp3) is 0.841. The number of fused-ring (bicyclic) bond motifs is 9. The third-order valence-corrected chi connectivity index (χ3v) is 17.5. The Hall–Kier alpha value is -1.57. The number of aliphatic hydroxyl groups is 1. The van der Waals surface area contributed by atoms with Gasteiger partial charge in [-0.15, -0.1) is 11.8 Å². The van der Waals surface area contributed by atoms with E-state index >= 15 is 0 Å². The summed E-state index contributed by atoms with van der Waals surface area (Å²) in [6, 6.07) is -0.325. The molecule has 0 amide bonds. The van der Waals surface area contributed by atoms with Crippen LogP contribution in [0.15, 0.2) is 27.7 Å². The van der Waals surface area contributed by atoms with Crippen molar-refractivity contribution < 1.29 is 47.7 Å². The summed E-state index contributed by atoms with van der Waals surface area (Å²) in [4.78, 5) is 37.9. The summed E-state index contributed by atoms with van der Waals surface area (Å²) in [5.41, 5.74) is -3.21. The molecule has 14 nitrogen and oxygen atoms in total. The zero-order valence-corrected chi connectivity index (χ0v) is 39.7. The average Bonchev–Trinajstić information content (AvgIpc) is 3.77. The number of ether oxygens (including phenoxy) is 6. The number of carbonyl (C=O) groups excluding carboxylic acids is 2. The molecule has 6 bridgehead atoms. The van der Waals surface area contributed by atoms with E-state index in [1.165, 1.54) is 24.9 Å². The molecule has 7 aliphatic rings. The van der Waals surface area contributed by atoms with Gasteiger partial charge in [-0.2, -0.15) is 0 Å². The van der Waals surface area contributed by atoms with E-state index in [4.69, 9.17) is 33.4 Å². The Morgan fingerprint density at radius 1 is 0.967 bits per heavy atom. The summed E-state index contributed by atoms with van der Waals surface area (Å²) in [6.07, 6.45) is 4.30. The van der Waals surface area contributed by atoms with Gasteiger partial charge in [-0.3, -0.25) is 9.79 Å². The number of methoxy groups -OCH3 is 1. The Labute approximate surface area is 365 Å². The van der Waals surface area contributed by atoms with Crippen LogP contribution in [0.2, 0.25) is 0 Å². The van der Waals surface area contributed by atoms with Crippen LogP contribution in [-0.2, 0) is 49.2 Å². The highest BCUT2D eigenvalue weighted by Crippen LogP contribution is 2.49. The first-order valence-corrected chi connectivity index (χ1v) is 24.0. The van der Waals surface area contributed by atoms with Gasteiger partial charge in [-0.25, -0.2) is 4.79 Å². The maximum Gasteiger partial charge on any atom is 0.332 e. The molecule has 7 rings (SSSR count). The first-order valence-electron chi connectivity index (χ1n) is 21.8. The molecule has 0 radical (unpaired) electrons. The van der Waals surface area contributed by atoms with Crippen LogP contribution in [0.1, 0.15) is 100 Å². The summed E-state index contributed by atoms with van der Waals surface area (Å²) in [5, 5.41) is 16.1. The third-order valence-electron chi connectivity index (χ3n) is 14.5. The zero-order chi connectivity index (χ0) is 44.1. The normalized spacial score (nSPS) is 46.0. The fourth-order valence-corrected chi connectivity index (χ4v) is 13.0. The smallest absolute Gasteiger partial charge is 0.332 e. The van der Waals surface area contributed by atoms with Crippen LogP contribution in [0.25, 0.3) is 0 Å². The minimum Gasteiger partial charge on any atom is -0.608 e. The number of rotatable bonds is 7. The molecule has 2 N–H and O–H groups in total. The molecule has 0 aromatic rings. The Bertz CT molecular complexity index is 1660. The van der Waals surface area contributed by atoms with Gasteiger partial charge >= 0.3 is 5.97 Å². The number of allylic oxidation sites excluding steroid dienone is 1. The largest absolute Gasteiger partial charge is 0.608 e. The van der Waals surface area contributed by atoms with Crippen LogP contribution in [0.5, 0.6) is 0 Å². The Morgan fingerprint density at radius 2 is 1.58 bits per heavy atom. The number of hydrogen-bond donors (Lipinski definition) is 2. The van der Waals surface area contributed by atoms with Gasteiger partial charge in [0.1, 0.15) is 11.1 Å². The molecule has 1 saturated carbocycles. The predicted octanol–water partition coefficient (Wildman–Crippen LogP) is 4.76. The van der Waals surface area contributed by atoms with Crippen molar-refractivity contribution in [1.82, 2.24) is 15.1 Å². The first-order chi connectivity index (χ1) is 28.1. The second-order valence-corrected chi connectivity index (χ2v) is 21.9. The van der Waals surface area contributed by atoms with E-state index in [2.05, 4.69) is 63.0 Å². The van der Waals surface area contributed by atoms with Gasteiger partial charge in [0.15, 0.2) is 35.5 Å². The molecule has 0 aromatic carbocycles.